The average molecular weight is 679 g/mol. The maximum atomic E-state index is 14.3. The second-order valence-corrected chi connectivity index (χ2v) is 16.7. The Morgan fingerprint density at radius 2 is 1.83 bits per heavy atom. The van der Waals surface area contributed by atoms with Gasteiger partial charge in [-0.15, -0.1) is 0 Å². The molecule has 12 nitrogen and oxygen atoms in total. The Hall–Kier alpha value is -4.13. The molecule has 1 spiro atoms. The van der Waals surface area contributed by atoms with Gasteiger partial charge in [-0.05, 0) is 75.1 Å². The van der Waals surface area contributed by atoms with Crippen LogP contribution in [0.4, 0.5) is 4.79 Å². The highest BCUT2D eigenvalue weighted by Crippen LogP contribution is 2.48. The lowest BCUT2D eigenvalue weighted by Crippen LogP contribution is -2.58. The Kier molecular flexibility index (Phi) is 7.96. The number of rotatable bonds is 4. The number of fused-ring (bicyclic) bond motifs is 5. The molecule has 0 radical (unpaired) electrons. The van der Waals surface area contributed by atoms with Crippen LogP contribution >= 0.6 is 0 Å². The molecule has 4 N–H and O–H groups in total. The van der Waals surface area contributed by atoms with Gasteiger partial charge in [0.15, 0.2) is 0 Å². The van der Waals surface area contributed by atoms with Crippen LogP contribution in [-0.4, -0.2) is 76.8 Å². The summed E-state index contributed by atoms with van der Waals surface area (Å²) >= 11 is 0. The quantitative estimate of drug-likeness (QED) is 0.356. The van der Waals surface area contributed by atoms with E-state index >= 15 is 0 Å². The van der Waals surface area contributed by atoms with E-state index in [1.165, 1.54) is 4.90 Å². The molecule has 256 valence electrons. The number of amides is 4. The SMILES string of the molecule is CC1(S(=O)(=O)NC(=O)[C@@]23C[C@H]2C=CCCCCC[C@H](NC(=O)O)C(=O)N2C[C@@]4(CCc5c(ccc6ccccc56)O4)C[C@H]2C(=O)N3)CC1. The van der Waals surface area contributed by atoms with Crippen LogP contribution in [0.2, 0.25) is 0 Å². The highest BCUT2D eigenvalue weighted by Gasteiger charge is 2.63. The largest absolute Gasteiger partial charge is 0.485 e. The van der Waals surface area contributed by atoms with Crippen LogP contribution in [-0.2, 0) is 30.8 Å². The first-order valence-electron chi connectivity index (χ1n) is 16.9. The summed E-state index contributed by atoms with van der Waals surface area (Å²) in [6.45, 7) is 1.65. The lowest BCUT2D eigenvalue weighted by molar-refractivity contribution is -0.141. The minimum absolute atomic E-state index is 0.0588. The lowest BCUT2D eigenvalue weighted by Gasteiger charge is -2.36. The highest BCUT2D eigenvalue weighted by atomic mass is 32.2. The molecule has 48 heavy (non-hydrogen) atoms. The Morgan fingerprint density at radius 1 is 1.04 bits per heavy atom. The number of nitrogens with zero attached hydrogens (tertiary/aromatic N) is 1. The zero-order valence-corrected chi connectivity index (χ0v) is 27.8. The van der Waals surface area contributed by atoms with Crippen molar-refractivity contribution >= 4 is 44.6 Å². The number of carbonyl (C=O) groups excluding carboxylic acids is 3. The van der Waals surface area contributed by atoms with Crippen molar-refractivity contribution in [3.63, 3.8) is 0 Å². The zero-order chi connectivity index (χ0) is 33.9. The van der Waals surface area contributed by atoms with Gasteiger partial charge in [0.25, 0.3) is 5.91 Å². The molecule has 2 saturated carbocycles. The van der Waals surface area contributed by atoms with Gasteiger partial charge in [-0.1, -0.05) is 55.3 Å². The van der Waals surface area contributed by atoms with Crippen LogP contribution in [0.3, 0.4) is 0 Å². The predicted molar refractivity (Wildman–Crippen MR) is 177 cm³/mol. The molecule has 5 atom stereocenters. The van der Waals surface area contributed by atoms with Crippen LogP contribution in [0.15, 0.2) is 48.6 Å². The van der Waals surface area contributed by atoms with Gasteiger partial charge in [0, 0.05) is 17.9 Å². The third-order valence-electron chi connectivity index (χ3n) is 11.1. The van der Waals surface area contributed by atoms with Crippen molar-refractivity contribution in [3.8, 4) is 5.75 Å². The molecular formula is C35H42N4O8S. The fraction of sp³-hybridized carbons (Fsp3) is 0.543. The maximum Gasteiger partial charge on any atom is 0.405 e. The fourth-order valence-corrected chi connectivity index (χ4v) is 9.01. The maximum absolute atomic E-state index is 14.3. The second-order valence-electron chi connectivity index (χ2n) is 14.5. The zero-order valence-electron chi connectivity index (χ0n) is 27.0. The molecule has 0 unspecified atom stereocenters. The molecule has 4 amide bonds. The first-order chi connectivity index (χ1) is 22.9. The summed E-state index contributed by atoms with van der Waals surface area (Å²) in [5, 5.41) is 17.1. The minimum atomic E-state index is -3.96. The third kappa shape index (κ3) is 5.79. The van der Waals surface area contributed by atoms with E-state index in [2.05, 4.69) is 15.4 Å². The smallest absolute Gasteiger partial charge is 0.405 e. The lowest BCUT2D eigenvalue weighted by atomic mass is 9.87. The molecule has 2 aromatic rings. The van der Waals surface area contributed by atoms with Gasteiger partial charge in [0.2, 0.25) is 21.8 Å². The summed E-state index contributed by atoms with van der Waals surface area (Å²) in [4.78, 5) is 55.5. The summed E-state index contributed by atoms with van der Waals surface area (Å²) in [5.74, 6) is -1.64. The second kappa shape index (κ2) is 11.8. The molecule has 2 aromatic carbocycles. The fourth-order valence-electron chi connectivity index (χ4n) is 7.70. The van der Waals surface area contributed by atoms with Crippen molar-refractivity contribution < 1.29 is 37.4 Å². The molecule has 1 saturated heterocycles. The Labute approximate surface area is 279 Å². The Morgan fingerprint density at radius 3 is 2.60 bits per heavy atom. The van der Waals surface area contributed by atoms with Crippen molar-refractivity contribution in [2.75, 3.05) is 6.54 Å². The predicted octanol–water partition coefficient (Wildman–Crippen LogP) is 3.53. The normalized spacial score (nSPS) is 31.3. The highest BCUT2D eigenvalue weighted by molar-refractivity contribution is 7.91. The monoisotopic (exact) mass is 678 g/mol. The van der Waals surface area contributed by atoms with Crippen molar-refractivity contribution in [1.82, 2.24) is 20.3 Å². The molecular weight excluding hydrogens is 636 g/mol. The van der Waals surface area contributed by atoms with Crippen molar-refractivity contribution in [2.24, 2.45) is 5.92 Å². The minimum Gasteiger partial charge on any atom is -0.485 e. The molecule has 13 heteroatoms. The number of ether oxygens (including phenoxy) is 1. The van der Waals surface area contributed by atoms with Crippen molar-refractivity contribution in [1.29, 1.82) is 0 Å². The van der Waals surface area contributed by atoms with E-state index in [1.54, 1.807) is 6.92 Å². The van der Waals surface area contributed by atoms with Crippen molar-refractivity contribution in [2.45, 2.75) is 106 Å². The van der Waals surface area contributed by atoms with Crippen LogP contribution in [0.1, 0.15) is 76.7 Å². The topological polar surface area (TPSA) is 171 Å². The molecule has 0 bridgehead atoms. The number of nitrogens with one attached hydrogen (secondary N) is 3. The van der Waals surface area contributed by atoms with Crippen LogP contribution < -0.4 is 20.1 Å². The number of carbonyl (C=O) groups is 4. The summed E-state index contributed by atoms with van der Waals surface area (Å²) in [5.41, 5.74) is -1.36. The van der Waals surface area contributed by atoms with Gasteiger partial charge in [-0.25, -0.2) is 13.2 Å². The van der Waals surface area contributed by atoms with E-state index in [0.717, 1.165) is 29.2 Å². The van der Waals surface area contributed by atoms with Gasteiger partial charge in [0.1, 0.15) is 29.0 Å². The summed E-state index contributed by atoms with van der Waals surface area (Å²) in [6, 6.07) is 9.77. The van der Waals surface area contributed by atoms with Gasteiger partial charge in [-0.3, -0.25) is 19.1 Å². The van der Waals surface area contributed by atoms with E-state index in [0.29, 0.717) is 44.3 Å². The van der Waals surface area contributed by atoms with Crippen molar-refractivity contribution in [3.05, 3.63) is 54.1 Å². The van der Waals surface area contributed by atoms with E-state index in [-0.39, 0.29) is 25.8 Å². The van der Waals surface area contributed by atoms with E-state index < -0.39 is 67.7 Å². The number of carboxylic acid groups (broad SMARTS) is 1. The van der Waals surface area contributed by atoms with Gasteiger partial charge in [-0.2, -0.15) is 0 Å². The van der Waals surface area contributed by atoms with E-state index in [9.17, 15) is 32.7 Å². The number of allylic oxidation sites excluding steroid dienone is 1. The standard InChI is InChI=1S/C35H42N4O8S/c1-33(17-18-33)48(45,46)38-31(42)35-19-23(35)10-5-3-2-4-6-12-26(36-32(43)44)30(41)39-21-34(20-27(39)29(40)37-35)16-15-25-24-11-8-7-9-22(24)13-14-28(25)47-34/h5,7-11,13-14,23,26-27,36H,2-4,6,12,15-21H2,1H3,(H,37,40)(H,38,42)(H,43,44)/t23-,26+,27+,34-,35-/m1/s1. The number of benzene rings is 2. The Bertz CT molecular complexity index is 1820. The number of hydrogen-bond donors (Lipinski definition) is 4. The summed E-state index contributed by atoms with van der Waals surface area (Å²) in [7, 11) is -3.96. The van der Waals surface area contributed by atoms with Crippen LogP contribution in [0.25, 0.3) is 10.8 Å². The molecule has 2 aliphatic carbocycles. The summed E-state index contributed by atoms with van der Waals surface area (Å²) in [6.07, 6.45) is 7.99. The number of sulfonamides is 1. The molecule has 3 fully saturated rings. The first-order valence-corrected chi connectivity index (χ1v) is 18.4. The van der Waals surface area contributed by atoms with Crippen LogP contribution in [0.5, 0.6) is 5.75 Å². The van der Waals surface area contributed by atoms with Crippen LogP contribution in [0, 0.1) is 5.92 Å². The third-order valence-corrected chi connectivity index (χ3v) is 13.2. The van der Waals surface area contributed by atoms with E-state index in [1.807, 2.05) is 48.6 Å². The summed E-state index contributed by atoms with van der Waals surface area (Å²) < 4.78 is 34.0. The molecule has 7 rings (SSSR count). The molecule has 5 aliphatic rings. The van der Waals surface area contributed by atoms with Gasteiger partial charge >= 0.3 is 6.09 Å². The average Bonchev–Trinajstić information content (AvgIpc) is 3.94. The molecule has 3 heterocycles. The van der Waals surface area contributed by atoms with Gasteiger partial charge in [0.05, 0.1) is 11.3 Å². The van der Waals surface area contributed by atoms with Gasteiger partial charge < -0.3 is 25.4 Å². The molecule has 0 aromatic heterocycles. The Balaban J connectivity index is 1.22. The van der Waals surface area contributed by atoms with E-state index in [4.69, 9.17) is 4.74 Å². The number of aryl methyl sites for hydroxylation is 1. The molecule has 3 aliphatic heterocycles. The number of hydrogen-bond acceptors (Lipinski definition) is 7. The first kappa shape index (κ1) is 32.4.